The largest absolute Gasteiger partial charge is 0.337 e. The van der Waals surface area contributed by atoms with Crippen LogP contribution in [0.25, 0.3) is 0 Å². The summed E-state index contributed by atoms with van der Waals surface area (Å²) < 4.78 is 23.5. The van der Waals surface area contributed by atoms with Crippen LogP contribution >= 0.6 is 11.3 Å². The van der Waals surface area contributed by atoms with Gasteiger partial charge in [-0.25, -0.2) is 13.4 Å². The number of rotatable bonds is 4. The number of likely N-dealkylation sites (tertiary alicyclic amines) is 1. The average molecular weight is 354 g/mol. The van der Waals surface area contributed by atoms with Crippen molar-refractivity contribution in [2.24, 2.45) is 5.92 Å². The van der Waals surface area contributed by atoms with Crippen LogP contribution in [0.4, 0.5) is 0 Å². The number of sulfone groups is 1. The molecule has 0 bridgehead atoms. The third-order valence-corrected chi connectivity index (χ3v) is 5.77. The first-order chi connectivity index (χ1) is 10.9. The quantitative estimate of drug-likeness (QED) is 0.894. The van der Waals surface area contributed by atoms with Gasteiger partial charge in [-0.05, 0) is 25.2 Å². The number of nitrogens with one attached hydrogen (secondary N) is 1. The van der Waals surface area contributed by atoms with Crippen molar-refractivity contribution in [1.29, 1.82) is 0 Å². The van der Waals surface area contributed by atoms with Crippen molar-refractivity contribution in [3.8, 4) is 0 Å². The number of nitrogens with zero attached hydrogens (tertiary/aromatic N) is 3. The van der Waals surface area contributed by atoms with Gasteiger partial charge >= 0.3 is 0 Å². The molecule has 1 saturated heterocycles. The maximum atomic E-state index is 12.4. The predicted molar refractivity (Wildman–Crippen MR) is 86.1 cm³/mol. The molecule has 9 heteroatoms. The van der Waals surface area contributed by atoms with Crippen molar-refractivity contribution in [2.45, 2.75) is 24.2 Å². The normalized spacial score (nSPS) is 19.0. The summed E-state index contributed by atoms with van der Waals surface area (Å²) in [5, 5.41) is 8.40. The van der Waals surface area contributed by atoms with E-state index in [2.05, 4.69) is 15.2 Å². The van der Waals surface area contributed by atoms with Crippen LogP contribution in [0.5, 0.6) is 0 Å². The Morgan fingerprint density at radius 2 is 2.35 bits per heavy atom. The van der Waals surface area contributed by atoms with Crippen LogP contribution in [0.3, 0.4) is 0 Å². The molecule has 0 aliphatic carbocycles. The van der Waals surface area contributed by atoms with Crippen molar-refractivity contribution < 1.29 is 13.2 Å². The number of aromatic nitrogens is 3. The predicted octanol–water partition coefficient (Wildman–Crippen LogP) is 1.36. The Kier molecular flexibility index (Phi) is 4.49. The van der Waals surface area contributed by atoms with Gasteiger partial charge in [-0.3, -0.25) is 9.89 Å². The van der Waals surface area contributed by atoms with E-state index in [-0.39, 0.29) is 16.7 Å². The van der Waals surface area contributed by atoms with Crippen LogP contribution < -0.4 is 0 Å². The number of piperidine rings is 1. The Labute approximate surface area is 138 Å². The molecule has 1 atom stereocenters. The highest BCUT2D eigenvalue weighted by molar-refractivity contribution is 7.90. The molecule has 0 radical (unpaired) electrons. The van der Waals surface area contributed by atoms with Crippen LogP contribution in [0.2, 0.25) is 0 Å². The minimum absolute atomic E-state index is 0.0519. The summed E-state index contributed by atoms with van der Waals surface area (Å²) in [5.74, 6) is 0.163. The van der Waals surface area contributed by atoms with E-state index in [0.29, 0.717) is 24.4 Å². The summed E-state index contributed by atoms with van der Waals surface area (Å²) in [6.07, 6.45) is 4.97. The Bertz CT molecular complexity index is 783. The molecule has 124 valence electrons. The molecule has 1 aliphatic rings. The Balaban J connectivity index is 1.70. The van der Waals surface area contributed by atoms with Gasteiger partial charge in [0.1, 0.15) is 10.6 Å². The number of H-pyrrole nitrogens is 1. The molecule has 0 saturated carbocycles. The first kappa shape index (κ1) is 16.1. The van der Waals surface area contributed by atoms with Gasteiger partial charge in [0.25, 0.3) is 5.91 Å². The van der Waals surface area contributed by atoms with Crippen LogP contribution in [-0.4, -0.2) is 53.8 Å². The van der Waals surface area contributed by atoms with Crippen molar-refractivity contribution in [3.05, 3.63) is 28.5 Å². The average Bonchev–Trinajstić information content (AvgIpc) is 3.17. The molecular weight excluding hydrogens is 336 g/mol. The number of carbonyl (C=O) groups is 1. The summed E-state index contributed by atoms with van der Waals surface area (Å²) in [5.41, 5.74) is 2.76. The molecule has 1 amide bonds. The maximum absolute atomic E-state index is 12.4. The highest BCUT2D eigenvalue weighted by atomic mass is 32.2. The zero-order valence-corrected chi connectivity index (χ0v) is 14.4. The molecule has 2 aromatic rings. The summed E-state index contributed by atoms with van der Waals surface area (Å²) in [7, 11) is -3.29. The molecule has 7 nitrogen and oxygen atoms in total. The maximum Gasteiger partial charge on any atom is 0.273 e. The number of hydrogen-bond acceptors (Lipinski definition) is 6. The monoisotopic (exact) mass is 354 g/mol. The van der Waals surface area contributed by atoms with Gasteiger partial charge in [0.05, 0.1) is 17.4 Å². The molecule has 1 N–H and O–H groups in total. The second kappa shape index (κ2) is 6.40. The summed E-state index contributed by atoms with van der Waals surface area (Å²) in [6.45, 7) is 1.33. The summed E-state index contributed by atoms with van der Waals surface area (Å²) in [4.78, 5) is 18.5. The Morgan fingerprint density at radius 1 is 1.52 bits per heavy atom. The van der Waals surface area contributed by atoms with Crippen molar-refractivity contribution in [2.75, 3.05) is 19.3 Å². The zero-order chi connectivity index (χ0) is 16.4. The lowest BCUT2D eigenvalue weighted by Crippen LogP contribution is -2.40. The molecule has 3 heterocycles. The minimum atomic E-state index is -3.29. The van der Waals surface area contributed by atoms with E-state index in [4.69, 9.17) is 0 Å². The SMILES string of the molecule is CS(=O)(=O)c1cn[nH]c1CC1CCCN(C(=O)c2cscn2)C1. The van der Waals surface area contributed by atoms with Crippen molar-refractivity contribution >= 4 is 27.1 Å². The molecule has 2 aromatic heterocycles. The van der Waals surface area contributed by atoms with E-state index in [0.717, 1.165) is 19.4 Å². The molecule has 0 aromatic carbocycles. The molecule has 1 aliphatic heterocycles. The van der Waals surface area contributed by atoms with Gasteiger partial charge in [-0.1, -0.05) is 0 Å². The van der Waals surface area contributed by atoms with Crippen molar-refractivity contribution in [1.82, 2.24) is 20.1 Å². The smallest absolute Gasteiger partial charge is 0.273 e. The number of amides is 1. The van der Waals surface area contributed by atoms with E-state index in [1.54, 1.807) is 15.8 Å². The van der Waals surface area contributed by atoms with Gasteiger partial charge in [-0.2, -0.15) is 5.10 Å². The van der Waals surface area contributed by atoms with Gasteiger partial charge < -0.3 is 4.90 Å². The van der Waals surface area contributed by atoms with Gasteiger partial charge in [0, 0.05) is 24.7 Å². The minimum Gasteiger partial charge on any atom is -0.337 e. The molecule has 0 spiro atoms. The van der Waals surface area contributed by atoms with E-state index < -0.39 is 9.84 Å². The molecule has 1 unspecified atom stereocenters. The lowest BCUT2D eigenvalue weighted by atomic mass is 9.93. The van der Waals surface area contributed by atoms with Crippen molar-refractivity contribution in [3.63, 3.8) is 0 Å². The van der Waals surface area contributed by atoms with E-state index in [1.165, 1.54) is 23.8 Å². The highest BCUT2D eigenvalue weighted by Gasteiger charge is 2.27. The second-order valence-electron chi connectivity index (χ2n) is 5.82. The molecule has 23 heavy (non-hydrogen) atoms. The third kappa shape index (κ3) is 3.61. The first-order valence-corrected chi connectivity index (χ1v) is 10.2. The second-order valence-corrected chi connectivity index (χ2v) is 8.53. The standard InChI is InChI=1S/C14H18N4O3S2/c1-23(20,21)13-6-16-17-11(13)5-10-3-2-4-18(7-10)14(19)12-8-22-9-15-12/h6,8-10H,2-5,7H2,1H3,(H,16,17). The van der Waals surface area contributed by atoms with Gasteiger partial charge in [0.2, 0.25) is 0 Å². The number of thiazole rings is 1. The summed E-state index contributed by atoms with van der Waals surface area (Å²) >= 11 is 1.40. The van der Waals surface area contributed by atoms with Gasteiger partial charge in [0.15, 0.2) is 9.84 Å². The van der Waals surface area contributed by atoms with E-state index in [1.807, 2.05) is 0 Å². The fraction of sp³-hybridized carbons (Fsp3) is 0.500. The Hall–Kier alpha value is -1.74. The topological polar surface area (TPSA) is 96.0 Å². The van der Waals surface area contributed by atoms with Crippen LogP contribution in [0, 0.1) is 5.92 Å². The third-order valence-electron chi connectivity index (χ3n) is 4.03. The van der Waals surface area contributed by atoms with Crippen LogP contribution in [-0.2, 0) is 16.3 Å². The lowest BCUT2D eigenvalue weighted by Gasteiger charge is -2.32. The number of aromatic amines is 1. The fourth-order valence-corrected chi connectivity index (χ4v) is 4.30. The highest BCUT2D eigenvalue weighted by Crippen LogP contribution is 2.24. The fourth-order valence-electron chi connectivity index (χ4n) is 2.95. The molecule has 3 rings (SSSR count). The first-order valence-electron chi connectivity index (χ1n) is 7.35. The zero-order valence-electron chi connectivity index (χ0n) is 12.7. The van der Waals surface area contributed by atoms with Crippen LogP contribution in [0.1, 0.15) is 29.0 Å². The number of carbonyl (C=O) groups excluding carboxylic acids is 1. The molecule has 1 fully saturated rings. The van der Waals surface area contributed by atoms with E-state index >= 15 is 0 Å². The Morgan fingerprint density at radius 3 is 3.04 bits per heavy atom. The summed E-state index contributed by atoms with van der Waals surface area (Å²) in [6, 6.07) is 0. The van der Waals surface area contributed by atoms with E-state index in [9.17, 15) is 13.2 Å². The van der Waals surface area contributed by atoms with Gasteiger partial charge in [-0.15, -0.1) is 11.3 Å². The number of hydrogen-bond donors (Lipinski definition) is 1. The lowest BCUT2D eigenvalue weighted by molar-refractivity contribution is 0.0667. The van der Waals surface area contributed by atoms with Crippen LogP contribution in [0.15, 0.2) is 22.0 Å². The molecular formula is C14H18N4O3S2.